The van der Waals surface area contributed by atoms with Crippen molar-refractivity contribution in [3.05, 3.63) is 270 Å². The average molecular weight is 1540 g/mol. The van der Waals surface area contributed by atoms with Crippen LogP contribution in [0.3, 0.4) is 0 Å². The van der Waals surface area contributed by atoms with Crippen LogP contribution >= 0.6 is 23.5 Å². The van der Waals surface area contributed by atoms with E-state index < -0.39 is 339 Å². The lowest BCUT2D eigenvalue weighted by Gasteiger charge is -2.42. The fourth-order valence-corrected chi connectivity index (χ4v) is 11.8. The molecule has 2 aliphatic rings. The number of benzene rings is 8. The molecule has 1 atom stereocenters. The van der Waals surface area contributed by atoms with Gasteiger partial charge in [0, 0.05) is 145 Å². The number of nitrogens with zero attached hydrogens (tertiary/aromatic N) is 6. The van der Waals surface area contributed by atoms with E-state index in [1.807, 2.05) is 0 Å². The molecule has 0 saturated carbocycles. The highest BCUT2D eigenvalue weighted by Gasteiger charge is 2.35. The topological polar surface area (TPSA) is 110 Å². The van der Waals surface area contributed by atoms with Crippen LogP contribution in [-0.4, -0.2) is 119 Å². The van der Waals surface area contributed by atoms with E-state index in [4.69, 9.17) is 42.5 Å². The molecular formula is C82H80F10N6O6S2. The Morgan fingerprint density at radius 3 is 1.81 bits per heavy atom. The molecule has 0 aliphatic carbocycles. The van der Waals surface area contributed by atoms with Gasteiger partial charge in [-0.05, 0) is 139 Å². The van der Waals surface area contributed by atoms with Crippen molar-refractivity contribution in [2.75, 3.05) is 66.3 Å². The number of ether oxygens (including phenoxy) is 2. The largest absolute Gasteiger partial charge is 0.416 e. The molecule has 8 aromatic carbocycles. The summed E-state index contributed by atoms with van der Waals surface area (Å²) in [7, 11) is 1.08. The summed E-state index contributed by atoms with van der Waals surface area (Å²) in [4.78, 5) is 55.9. The normalized spacial score (nSPS) is 25.9. The highest BCUT2D eigenvalue weighted by atomic mass is 32.2. The average Bonchev–Trinajstić information content (AvgIpc) is 0.728. The number of hydrogen-bond acceptors (Lipinski definition) is 10. The SMILES string of the molecule is [2H]C(C)(c1ccc(-c2ccc(C(F)(F)F)cc2)cc1)N(C(=O)Cn1c(SCc2cccc(F)c2F)cc(=O)c2ccccc21)C1([2H])C([2H])([2H])C([2H])([2H])N(C([2H])([2H])C([2H])([2H])OC)C([2H])([2H])C1([2H])[2H].[2H]c1c([2H])c(F)c(F)c(CSc2c([2H])c(=O)c3c([2H])c([2H])c([2H])c([2H])c3n2CC(=O)N(C([2H])([2H])c2c([2H])c([2H])c(-c3c([2H])c([2H])c(C(F)(F)F)c([2H])c3[2H])c([2H])c2C)C2([2H])C([2H])([2H])C([2H])([2H])N(C([2H])([2H])C([2H])([2H])OC)C([2H])([2H])C2([2H])[2H])c1[2H]. The van der Waals surface area contributed by atoms with Crippen LogP contribution in [0, 0.1) is 30.2 Å². The second kappa shape index (κ2) is 35.1. The summed E-state index contributed by atoms with van der Waals surface area (Å²) in [5.41, 5.74) is -13.2. The van der Waals surface area contributed by atoms with Crippen LogP contribution in [-0.2, 0) is 62.5 Å². The number of likely N-dealkylation sites (tertiary alicyclic amines) is 2. The molecule has 0 radical (unpaired) electrons. The van der Waals surface area contributed by atoms with Gasteiger partial charge in [-0.2, -0.15) is 26.3 Å². The van der Waals surface area contributed by atoms with Gasteiger partial charge in [-0.1, -0.05) is 115 Å². The number of methoxy groups -OCH3 is 2. The Labute approximate surface area is 678 Å². The first-order chi connectivity index (χ1) is 68.0. The lowest BCUT2D eigenvalue weighted by molar-refractivity contribution is -0.138. The molecule has 0 bridgehead atoms. The highest BCUT2D eigenvalue weighted by Crippen LogP contribution is 2.37. The van der Waals surface area contributed by atoms with Crippen molar-refractivity contribution >= 4 is 57.1 Å². The number of thioether (sulfide) groups is 2. The monoisotopic (exact) mass is 1540 g/mol. The number of aromatic nitrogens is 2. The third-order valence-electron chi connectivity index (χ3n) is 15.0. The van der Waals surface area contributed by atoms with Crippen LogP contribution in [0.5, 0.6) is 0 Å². The zero-order valence-corrected chi connectivity index (χ0v) is 56.4. The van der Waals surface area contributed by atoms with Crippen molar-refractivity contribution in [2.24, 2.45) is 0 Å². The van der Waals surface area contributed by atoms with Crippen molar-refractivity contribution in [1.29, 1.82) is 0 Å². The Morgan fingerprint density at radius 1 is 0.585 bits per heavy atom. The third kappa shape index (κ3) is 19.0. The van der Waals surface area contributed by atoms with Gasteiger partial charge in [0.15, 0.2) is 34.1 Å². The number of carbonyl (C=O) groups excluding carboxylic acids is 2. The van der Waals surface area contributed by atoms with Crippen molar-refractivity contribution in [3.63, 3.8) is 0 Å². The second-order valence-electron chi connectivity index (χ2n) is 21.7. The van der Waals surface area contributed by atoms with Gasteiger partial charge in [0.25, 0.3) is 0 Å². The van der Waals surface area contributed by atoms with Gasteiger partial charge < -0.3 is 38.2 Å². The Bertz CT molecular complexity index is 7130. The first-order valence-electron chi connectivity index (χ1n) is 52.3. The fraction of sp³-hybridized carbons (Fsp3) is 0.317. The fourth-order valence-electron chi connectivity index (χ4n) is 9.83. The van der Waals surface area contributed by atoms with E-state index in [0.29, 0.717) is 21.1 Å². The molecule has 2 aromatic heterocycles. The molecule has 106 heavy (non-hydrogen) atoms. The van der Waals surface area contributed by atoms with Crippen molar-refractivity contribution < 1.29 is 123 Å². The number of hydrogen-bond donors (Lipinski definition) is 0. The minimum atomic E-state index is -5.56. The smallest absolute Gasteiger partial charge is 0.383 e. The lowest BCUT2D eigenvalue weighted by atomic mass is 9.96. The number of para-hydroxylation sites is 2. The number of rotatable bonds is 24. The lowest BCUT2D eigenvalue weighted by Crippen LogP contribution is -2.49. The summed E-state index contributed by atoms with van der Waals surface area (Å²) in [6, 6.07) is -15.7. The molecule has 2 amide bonds. The summed E-state index contributed by atoms with van der Waals surface area (Å²) in [6.07, 6.45) is -28.9. The van der Waals surface area contributed by atoms with E-state index >= 15 is 14.0 Å². The van der Waals surface area contributed by atoms with Crippen molar-refractivity contribution in [2.45, 2.75) is 111 Å². The van der Waals surface area contributed by atoms with Crippen molar-refractivity contribution in [1.82, 2.24) is 28.7 Å². The van der Waals surface area contributed by atoms with E-state index in [1.54, 1.807) is 0 Å². The van der Waals surface area contributed by atoms with E-state index in [-0.39, 0.29) is 65.2 Å². The van der Waals surface area contributed by atoms with Gasteiger partial charge in [0.05, 0.1) is 84.2 Å². The summed E-state index contributed by atoms with van der Waals surface area (Å²) in [6.45, 7) is -40.9. The molecule has 0 spiro atoms. The molecule has 556 valence electrons. The summed E-state index contributed by atoms with van der Waals surface area (Å²) < 4.78 is 542. The quantitative estimate of drug-likeness (QED) is 0.0428. The molecule has 0 N–H and O–H groups in total. The first kappa shape index (κ1) is 39.2. The third-order valence-corrected chi connectivity index (χ3v) is 17.1. The standard InChI is InChI=1S/2C41H40F5N3O3S/c1-27(28-10-12-29(13-11-28)30-14-16-32(17-15-30)41(44,45)46)49(33-18-20-47(21-19-33)22-23-52-2)38(51)25-48-36-9-4-3-7-34(36)37(50)24-39(48)53-26-31-6-5-8-35(42)40(31)43;1-27-22-29(28-12-14-32(15-13-28)41(44,45)46)10-11-30(27)24-48(33-16-18-47(19-17-33)20-21-52-2)38(51)25-49-36-9-4-3-7-34(36)37(50)23-39(49)53-26-31-6-5-8-35(42)40(31)43/h3-17,24,27,33H,18-23,25-26H2,1-2H3;3-15,22-23,33H,16-21,24-26H2,1-2H3/i18D2,19D2,20D2,21D2,22D2,23D2,27D,33D;3D,4D,5D,6D,7D,8D,9D,10D,11D,12D,13D,14D,15D,16D2,17D2,18D2,19D2,20D2,21D2,22D,23D,24D2,33D. The van der Waals surface area contributed by atoms with E-state index in [2.05, 4.69) is 9.47 Å². The number of piperidine rings is 2. The van der Waals surface area contributed by atoms with Gasteiger partial charge in [-0.25, -0.2) is 17.6 Å². The van der Waals surface area contributed by atoms with Gasteiger partial charge in [-0.3, -0.25) is 19.2 Å². The van der Waals surface area contributed by atoms with Crippen molar-refractivity contribution in [3.8, 4) is 22.3 Å². The van der Waals surface area contributed by atoms with Crippen LogP contribution in [0.4, 0.5) is 43.9 Å². The molecule has 2 aliphatic heterocycles. The summed E-state index contributed by atoms with van der Waals surface area (Å²) >= 11 is 0.640. The molecule has 4 heterocycles. The molecular weight excluding hydrogens is 1420 g/mol. The number of alkyl halides is 6. The van der Waals surface area contributed by atoms with Crippen LogP contribution in [0.25, 0.3) is 44.1 Å². The molecule has 24 heteroatoms. The molecule has 12 rings (SSSR count). The second-order valence-corrected chi connectivity index (χ2v) is 23.7. The number of fused-ring (bicyclic) bond motifs is 2. The van der Waals surface area contributed by atoms with Gasteiger partial charge >= 0.3 is 12.4 Å². The van der Waals surface area contributed by atoms with Gasteiger partial charge in [0.2, 0.25) is 11.8 Å². The number of halogens is 10. The van der Waals surface area contributed by atoms with Gasteiger partial charge in [0.1, 0.15) is 13.1 Å². The van der Waals surface area contributed by atoms with E-state index in [9.17, 15) is 66.9 Å². The Hall–Kier alpha value is -9.04. The minimum absolute atomic E-state index is 0.0291. The predicted molar refractivity (Wildman–Crippen MR) is 395 cm³/mol. The Balaban J connectivity index is 0.000000291. The van der Waals surface area contributed by atoms with Crippen LogP contribution in [0.1, 0.15) is 138 Å². The maximum atomic E-state index is 15.9. The maximum absolute atomic E-state index is 15.9. The van der Waals surface area contributed by atoms with Crippen LogP contribution in [0.2, 0.25) is 0 Å². The molecule has 10 aromatic rings. The zero-order valence-electron chi connectivity index (χ0n) is 98.8. The van der Waals surface area contributed by atoms with Crippen LogP contribution in [0.15, 0.2) is 207 Å². The molecule has 2 saturated heterocycles. The highest BCUT2D eigenvalue weighted by molar-refractivity contribution is 7.98. The Kier molecular flexibility index (Phi) is 13.0. The summed E-state index contributed by atoms with van der Waals surface area (Å²) in [5.74, 6) is -12.1. The summed E-state index contributed by atoms with van der Waals surface area (Å²) in [5, 5.41) is -2.52. The van der Waals surface area contributed by atoms with E-state index in [0.717, 1.165) is 71.8 Å². The minimum Gasteiger partial charge on any atom is -0.383 e. The van der Waals surface area contributed by atoms with Gasteiger partial charge in [-0.15, -0.1) is 23.5 Å². The Morgan fingerprint density at radius 2 is 1.16 bits per heavy atom. The zero-order chi connectivity index (χ0) is 115. The number of amides is 2. The van der Waals surface area contributed by atoms with E-state index in [1.165, 1.54) is 48.5 Å². The molecule has 1 unspecified atom stereocenters. The predicted octanol–water partition coefficient (Wildman–Crippen LogP) is 17.7. The number of pyridine rings is 2. The first-order valence-corrected chi connectivity index (χ1v) is 32.3. The maximum Gasteiger partial charge on any atom is 0.416 e. The number of carbonyl (C=O) groups is 2. The molecule has 12 nitrogen and oxygen atoms in total. The van der Waals surface area contributed by atoms with Crippen LogP contribution < -0.4 is 10.9 Å². The molecule has 2 fully saturated rings.